The molecule has 0 saturated heterocycles. The first-order valence-electron chi connectivity index (χ1n) is 8.91. The summed E-state index contributed by atoms with van der Waals surface area (Å²) in [5.74, 6) is 0.679. The van der Waals surface area contributed by atoms with E-state index in [2.05, 4.69) is 45.7 Å². The number of carbonyl (C=O) groups excluding carboxylic acids is 1. The second-order valence-corrected chi connectivity index (χ2v) is 7.74. The van der Waals surface area contributed by atoms with Gasteiger partial charge in [-0.2, -0.15) is 0 Å². The van der Waals surface area contributed by atoms with E-state index in [0.29, 0.717) is 6.04 Å². The number of nitrogens with zero attached hydrogens (tertiary/aromatic N) is 1. The van der Waals surface area contributed by atoms with Crippen LogP contribution in [0.5, 0.6) is 5.75 Å². The van der Waals surface area contributed by atoms with Gasteiger partial charge in [0.05, 0.1) is 17.6 Å². The van der Waals surface area contributed by atoms with Crippen LogP contribution >= 0.6 is 15.9 Å². The third-order valence-corrected chi connectivity index (χ3v) is 5.50. The molecule has 1 atom stereocenters. The van der Waals surface area contributed by atoms with Gasteiger partial charge in [0.25, 0.3) is 0 Å². The molecule has 1 saturated carbocycles. The van der Waals surface area contributed by atoms with Gasteiger partial charge in [-0.3, -0.25) is 4.79 Å². The van der Waals surface area contributed by atoms with Crippen LogP contribution in [0.15, 0.2) is 34.8 Å². The number of carbonyl (C=O) groups is 1. The number of aromatic nitrogens is 1. The monoisotopic (exact) mass is 416 g/mol. The molecule has 1 aliphatic carbocycles. The van der Waals surface area contributed by atoms with Crippen molar-refractivity contribution in [2.45, 2.75) is 45.7 Å². The largest absolute Gasteiger partial charge is 0.496 e. The normalized spacial score (nSPS) is 15.3. The third kappa shape index (κ3) is 4.04. The highest BCUT2D eigenvalue weighted by molar-refractivity contribution is 9.10. The Morgan fingerprint density at radius 1 is 1.35 bits per heavy atom. The van der Waals surface area contributed by atoms with Crippen molar-refractivity contribution in [3.63, 3.8) is 0 Å². The second-order valence-electron chi connectivity index (χ2n) is 6.89. The highest BCUT2D eigenvalue weighted by Gasteiger charge is 2.26. The van der Waals surface area contributed by atoms with E-state index in [1.807, 2.05) is 31.2 Å². The van der Waals surface area contributed by atoms with Gasteiger partial charge < -0.3 is 14.6 Å². The lowest BCUT2D eigenvalue weighted by Gasteiger charge is -2.14. The van der Waals surface area contributed by atoms with Crippen LogP contribution in [-0.4, -0.2) is 17.6 Å². The fraction of sp³-hybridized carbons (Fsp3) is 0.381. The molecule has 1 fully saturated rings. The Morgan fingerprint density at radius 2 is 2.08 bits per heavy atom. The molecular formula is C21H25BrN2O2. The highest BCUT2D eigenvalue weighted by atomic mass is 79.9. The van der Waals surface area contributed by atoms with Crippen molar-refractivity contribution in [3.05, 3.63) is 57.3 Å². The molecule has 4 nitrogen and oxygen atoms in total. The zero-order chi connectivity index (χ0) is 18.8. The molecule has 0 spiro atoms. The summed E-state index contributed by atoms with van der Waals surface area (Å²) in [4.78, 5) is 12.3. The molecule has 1 aromatic carbocycles. The van der Waals surface area contributed by atoms with E-state index in [0.717, 1.165) is 21.3 Å². The maximum atomic E-state index is 12.3. The van der Waals surface area contributed by atoms with Crippen molar-refractivity contribution < 1.29 is 9.53 Å². The molecule has 1 aromatic heterocycles. The Labute approximate surface area is 163 Å². The zero-order valence-corrected chi connectivity index (χ0v) is 17.3. The molecule has 2 aromatic rings. The summed E-state index contributed by atoms with van der Waals surface area (Å²) in [6.07, 6.45) is 6.05. The summed E-state index contributed by atoms with van der Waals surface area (Å²) in [5.41, 5.74) is 4.64. The zero-order valence-electron chi connectivity index (χ0n) is 15.7. The van der Waals surface area contributed by atoms with Gasteiger partial charge >= 0.3 is 0 Å². The number of hydrogen-bond acceptors (Lipinski definition) is 2. The maximum absolute atomic E-state index is 12.3. The Kier molecular flexibility index (Phi) is 5.56. The quantitative estimate of drug-likeness (QED) is 0.665. The van der Waals surface area contributed by atoms with Gasteiger partial charge in [-0.15, -0.1) is 0 Å². The third-order valence-electron chi connectivity index (χ3n) is 4.88. The van der Waals surface area contributed by atoms with Crippen LogP contribution < -0.4 is 10.1 Å². The molecule has 0 radical (unpaired) electrons. The number of halogens is 1. The fourth-order valence-corrected chi connectivity index (χ4v) is 3.89. The Balaban J connectivity index is 1.66. The van der Waals surface area contributed by atoms with Crippen molar-refractivity contribution >= 4 is 27.9 Å². The maximum Gasteiger partial charge on any atom is 0.244 e. The van der Waals surface area contributed by atoms with Crippen molar-refractivity contribution in [2.75, 3.05) is 7.11 Å². The summed E-state index contributed by atoms with van der Waals surface area (Å²) in [5, 5.41) is 3.01. The first-order chi connectivity index (χ1) is 12.4. The summed E-state index contributed by atoms with van der Waals surface area (Å²) in [6, 6.07) is 8.54. The summed E-state index contributed by atoms with van der Waals surface area (Å²) in [7, 11) is 1.63. The Morgan fingerprint density at radius 3 is 2.69 bits per heavy atom. The van der Waals surface area contributed by atoms with Crippen molar-refractivity contribution in [2.24, 2.45) is 0 Å². The van der Waals surface area contributed by atoms with Crippen LogP contribution in [0.4, 0.5) is 0 Å². The highest BCUT2D eigenvalue weighted by Crippen LogP contribution is 2.38. The number of rotatable bonds is 6. The lowest BCUT2D eigenvalue weighted by Crippen LogP contribution is -2.24. The van der Waals surface area contributed by atoms with Gasteiger partial charge in [0.1, 0.15) is 5.75 Å². The molecule has 0 aliphatic heterocycles. The predicted molar refractivity (Wildman–Crippen MR) is 108 cm³/mol. The molecular weight excluding hydrogens is 392 g/mol. The fourth-order valence-electron chi connectivity index (χ4n) is 3.33. The van der Waals surface area contributed by atoms with Crippen LogP contribution in [0.25, 0.3) is 6.08 Å². The van der Waals surface area contributed by atoms with E-state index in [9.17, 15) is 4.79 Å². The Hall–Kier alpha value is -2.01. The number of hydrogen-bond donors (Lipinski definition) is 1. The molecule has 138 valence electrons. The minimum absolute atomic E-state index is 0.0896. The molecule has 1 N–H and O–H groups in total. The van der Waals surface area contributed by atoms with Crippen molar-refractivity contribution in [1.29, 1.82) is 0 Å². The summed E-state index contributed by atoms with van der Waals surface area (Å²) in [6.45, 7) is 6.23. The van der Waals surface area contributed by atoms with E-state index in [4.69, 9.17) is 4.74 Å². The topological polar surface area (TPSA) is 43.3 Å². The molecule has 1 aliphatic rings. The van der Waals surface area contributed by atoms with Crippen LogP contribution in [0.3, 0.4) is 0 Å². The minimum Gasteiger partial charge on any atom is -0.496 e. The molecule has 0 unspecified atom stereocenters. The smallest absolute Gasteiger partial charge is 0.244 e. The SMILES string of the molecule is COc1ccc([C@H](C)NC(=O)/C=C/c2cc(C)n(C3CC3)c2C)cc1Br. The molecule has 1 heterocycles. The van der Waals surface area contributed by atoms with Gasteiger partial charge in [-0.1, -0.05) is 6.07 Å². The molecule has 1 amide bonds. The van der Waals surface area contributed by atoms with E-state index >= 15 is 0 Å². The van der Waals surface area contributed by atoms with Crippen LogP contribution in [0.1, 0.15) is 54.4 Å². The number of aryl methyl sites for hydroxylation is 1. The molecule has 5 heteroatoms. The second kappa shape index (κ2) is 7.70. The number of nitrogens with one attached hydrogen (secondary N) is 1. The van der Waals surface area contributed by atoms with Crippen LogP contribution in [0, 0.1) is 13.8 Å². The van der Waals surface area contributed by atoms with E-state index < -0.39 is 0 Å². The van der Waals surface area contributed by atoms with Crippen LogP contribution in [0.2, 0.25) is 0 Å². The number of amides is 1. The summed E-state index contributed by atoms with van der Waals surface area (Å²) >= 11 is 3.48. The first kappa shape index (κ1) is 18.8. The predicted octanol–water partition coefficient (Wildman–Crippen LogP) is 5.10. The average Bonchev–Trinajstić information content (AvgIpc) is 3.38. The average molecular weight is 417 g/mol. The van der Waals surface area contributed by atoms with Crippen molar-refractivity contribution in [1.82, 2.24) is 9.88 Å². The van der Waals surface area contributed by atoms with E-state index in [1.54, 1.807) is 13.2 Å². The number of benzene rings is 1. The number of methoxy groups -OCH3 is 1. The standard InChI is InChI=1S/C21H25BrN2O2/c1-13-11-17(15(3)24(13)18-7-8-18)6-10-21(25)23-14(2)16-5-9-20(26-4)19(22)12-16/h5-6,9-12,14,18H,7-8H2,1-4H3,(H,23,25)/b10-6+/t14-/m0/s1. The lowest BCUT2D eigenvalue weighted by atomic mass is 10.1. The van der Waals surface area contributed by atoms with Gasteiger partial charge in [-0.25, -0.2) is 0 Å². The molecule has 26 heavy (non-hydrogen) atoms. The van der Waals surface area contributed by atoms with E-state index in [1.165, 1.54) is 24.2 Å². The number of ether oxygens (including phenoxy) is 1. The molecule has 0 bridgehead atoms. The van der Waals surface area contributed by atoms with E-state index in [-0.39, 0.29) is 11.9 Å². The molecule has 3 rings (SSSR count). The van der Waals surface area contributed by atoms with Gasteiger partial charge in [0, 0.05) is 23.5 Å². The van der Waals surface area contributed by atoms with Gasteiger partial charge in [0.15, 0.2) is 0 Å². The summed E-state index contributed by atoms with van der Waals surface area (Å²) < 4.78 is 8.51. The van der Waals surface area contributed by atoms with Crippen LogP contribution in [-0.2, 0) is 4.79 Å². The lowest BCUT2D eigenvalue weighted by molar-refractivity contribution is -0.117. The van der Waals surface area contributed by atoms with Gasteiger partial charge in [-0.05, 0) is 84.9 Å². The first-order valence-corrected chi connectivity index (χ1v) is 9.70. The Bertz CT molecular complexity index is 850. The minimum atomic E-state index is -0.0966. The van der Waals surface area contributed by atoms with Crippen molar-refractivity contribution in [3.8, 4) is 5.75 Å². The van der Waals surface area contributed by atoms with Gasteiger partial charge in [0.2, 0.25) is 5.91 Å².